The summed E-state index contributed by atoms with van der Waals surface area (Å²) in [6.45, 7) is 0. The van der Waals surface area contributed by atoms with Gasteiger partial charge in [-0.25, -0.2) is 4.79 Å². The number of carboxylic acid groups (broad SMARTS) is 1. The lowest BCUT2D eigenvalue weighted by Crippen LogP contribution is -1.96. The zero-order chi connectivity index (χ0) is 14.7. The van der Waals surface area contributed by atoms with Gasteiger partial charge in [-0.15, -0.1) is 0 Å². The predicted octanol–water partition coefficient (Wildman–Crippen LogP) is 1.60. The fourth-order valence-corrected chi connectivity index (χ4v) is 1.81. The first-order valence-electron chi connectivity index (χ1n) is 5.61. The van der Waals surface area contributed by atoms with Crippen molar-refractivity contribution in [2.75, 3.05) is 14.2 Å². The van der Waals surface area contributed by atoms with Crippen molar-refractivity contribution in [3.05, 3.63) is 29.5 Å². The van der Waals surface area contributed by atoms with E-state index in [9.17, 15) is 9.59 Å². The Labute approximate surface area is 114 Å². The molecular weight excluding hydrogens is 264 g/mol. The molecule has 7 heteroatoms. The molecule has 0 bridgehead atoms. The van der Waals surface area contributed by atoms with Gasteiger partial charge in [-0.1, -0.05) is 0 Å². The fraction of sp³-hybridized carbons (Fsp3) is 0.154. The van der Waals surface area contributed by atoms with E-state index < -0.39 is 5.97 Å². The zero-order valence-corrected chi connectivity index (χ0v) is 10.8. The Morgan fingerprint density at radius 1 is 1.30 bits per heavy atom. The number of ether oxygens (including phenoxy) is 2. The Bertz CT molecular complexity index is 663. The zero-order valence-electron chi connectivity index (χ0n) is 10.8. The predicted molar refractivity (Wildman–Crippen MR) is 69.5 cm³/mol. The molecule has 0 aliphatic carbocycles. The number of nitrogens with zero attached hydrogens (tertiary/aromatic N) is 1. The Balaban J connectivity index is 2.56. The average molecular weight is 276 g/mol. The molecule has 0 atom stereocenters. The number of aromatic amines is 1. The first-order valence-corrected chi connectivity index (χ1v) is 5.61. The summed E-state index contributed by atoms with van der Waals surface area (Å²) < 4.78 is 10.3. The minimum Gasteiger partial charge on any atom is -0.493 e. The molecule has 0 radical (unpaired) electrons. The van der Waals surface area contributed by atoms with Crippen molar-refractivity contribution in [2.45, 2.75) is 0 Å². The molecule has 1 aromatic carbocycles. The molecule has 1 heterocycles. The highest BCUT2D eigenvalue weighted by molar-refractivity contribution is 5.88. The maximum Gasteiger partial charge on any atom is 0.353 e. The van der Waals surface area contributed by atoms with Crippen molar-refractivity contribution < 1.29 is 24.2 Å². The van der Waals surface area contributed by atoms with E-state index in [4.69, 9.17) is 14.6 Å². The number of carboxylic acids is 1. The fourth-order valence-electron chi connectivity index (χ4n) is 1.81. The summed E-state index contributed by atoms with van der Waals surface area (Å²) in [5.41, 5.74) is 1.20. The number of nitrogens with one attached hydrogen (secondary N) is 1. The van der Waals surface area contributed by atoms with Crippen LogP contribution in [-0.2, 0) is 0 Å². The summed E-state index contributed by atoms with van der Waals surface area (Å²) in [7, 11) is 2.88. The van der Waals surface area contributed by atoms with Gasteiger partial charge < -0.3 is 14.6 Å². The molecule has 0 spiro atoms. The first-order chi connectivity index (χ1) is 9.60. The number of aldehydes is 1. The van der Waals surface area contributed by atoms with Gasteiger partial charge in [0.1, 0.15) is 5.69 Å². The number of rotatable bonds is 5. The molecule has 1 aromatic heterocycles. The van der Waals surface area contributed by atoms with Crippen LogP contribution in [0.15, 0.2) is 18.2 Å². The number of hydrogen-bond donors (Lipinski definition) is 2. The Morgan fingerprint density at radius 2 is 2.05 bits per heavy atom. The Hall–Kier alpha value is -2.83. The SMILES string of the molecule is COc1cc(-c2cc(C(=O)O)[nH]n2)cc(C=O)c1OC. The summed E-state index contributed by atoms with van der Waals surface area (Å²) in [5, 5.41) is 15.1. The van der Waals surface area contributed by atoms with Crippen molar-refractivity contribution in [1.82, 2.24) is 10.2 Å². The normalized spacial score (nSPS) is 10.1. The molecule has 0 aliphatic rings. The van der Waals surface area contributed by atoms with Crippen LogP contribution in [0.4, 0.5) is 0 Å². The lowest BCUT2D eigenvalue weighted by molar-refractivity contribution is 0.0690. The minimum atomic E-state index is -1.11. The van der Waals surface area contributed by atoms with Crippen LogP contribution in [0.1, 0.15) is 20.8 Å². The van der Waals surface area contributed by atoms with Crippen LogP contribution >= 0.6 is 0 Å². The third-order valence-corrected chi connectivity index (χ3v) is 2.74. The molecule has 2 N–H and O–H groups in total. The van der Waals surface area contributed by atoms with Gasteiger partial charge in [0, 0.05) is 5.56 Å². The molecule has 2 aromatic rings. The third kappa shape index (κ3) is 2.33. The molecule has 0 fully saturated rings. The van der Waals surface area contributed by atoms with Crippen molar-refractivity contribution in [1.29, 1.82) is 0 Å². The average Bonchev–Trinajstić information content (AvgIpc) is 2.95. The second-order valence-electron chi connectivity index (χ2n) is 3.89. The maximum absolute atomic E-state index is 11.1. The van der Waals surface area contributed by atoms with Crippen molar-refractivity contribution in [2.24, 2.45) is 0 Å². The lowest BCUT2D eigenvalue weighted by atomic mass is 10.1. The number of carbonyl (C=O) groups excluding carboxylic acids is 1. The summed E-state index contributed by atoms with van der Waals surface area (Å²) in [6.07, 6.45) is 0.635. The van der Waals surface area contributed by atoms with Gasteiger partial charge in [0.05, 0.1) is 25.5 Å². The summed E-state index contributed by atoms with van der Waals surface area (Å²) in [4.78, 5) is 21.9. The molecule has 0 saturated carbocycles. The van der Waals surface area contributed by atoms with E-state index in [0.717, 1.165) is 0 Å². The number of aromatic carboxylic acids is 1. The van der Waals surface area contributed by atoms with Gasteiger partial charge in [-0.05, 0) is 18.2 Å². The number of hydrogen-bond acceptors (Lipinski definition) is 5. The third-order valence-electron chi connectivity index (χ3n) is 2.74. The molecule has 0 unspecified atom stereocenters. The van der Waals surface area contributed by atoms with Crippen LogP contribution in [0, 0.1) is 0 Å². The summed E-state index contributed by atoms with van der Waals surface area (Å²) in [6, 6.07) is 4.54. The van der Waals surface area contributed by atoms with Crippen LogP contribution < -0.4 is 9.47 Å². The van der Waals surface area contributed by atoms with Crippen LogP contribution in [0.3, 0.4) is 0 Å². The summed E-state index contributed by atoms with van der Waals surface area (Å²) in [5.74, 6) is -0.424. The van der Waals surface area contributed by atoms with E-state index in [2.05, 4.69) is 10.2 Å². The highest BCUT2D eigenvalue weighted by Crippen LogP contribution is 2.35. The largest absolute Gasteiger partial charge is 0.493 e. The highest BCUT2D eigenvalue weighted by Gasteiger charge is 2.15. The smallest absolute Gasteiger partial charge is 0.353 e. The Morgan fingerprint density at radius 3 is 2.55 bits per heavy atom. The topological polar surface area (TPSA) is 102 Å². The van der Waals surface area contributed by atoms with Gasteiger partial charge in [0.2, 0.25) is 0 Å². The van der Waals surface area contributed by atoms with Gasteiger partial charge in [-0.3, -0.25) is 9.89 Å². The molecule has 7 nitrogen and oxygen atoms in total. The second kappa shape index (κ2) is 5.43. The van der Waals surface area contributed by atoms with Crippen LogP contribution in [-0.4, -0.2) is 41.8 Å². The molecule has 2 rings (SSSR count). The minimum absolute atomic E-state index is 0.0394. The van der Waals surface area contributed by atoms with Crippen molar-refractivity contribution in [3.63, 3.8) is 0 Å². The maximum atomic E-state index is 11.1. The van der Waals surface area contributed by atoms with Gasteiger partial charge in [-0.2, -0.15) is 5.10 Å². The number of H-pyrrole nitrogens is 1. The number of aromatic nitrogens is 2. The molecule has 0 aliphatic heterocycles. The quantitative estimate of drug-likeness (QED) is 0.804. The van der Waals surface area contributed by atoms with E-state index in [0.29, 0.717) is 34.6 Å². The molecular formula is C13H12N2O5. The monoisotopic (exact) mass is 276 g/mol. The number of carbonyl (C=O) groups is 2. The van der Waals surface area contributed by atoms with Crippen LogP contribution in [0.25, 0.3) is 11.3 Å². The number of benzene rings is 1. The second-order valence-corrected chi connectivity index (χ2v) is 3.89. The lowest BCUT2D eigenvalue weighted by Gasteiger charge is -2.11. The standard InChI is InChI=1S/C13H12N2O5/c1-19-11-4-7(3-8(6-16)12(11)20-2)9-5-10(13(17)18)15-14-9/h3-6H,1-2H3,(H,14,15)(H,17,18). The van der Waals surface area contributed by atoms with Crippen LogP contribution in [0.5, 0.6) is 11.5 Å². The first kappa shape index (κ1) is 13.6. The Kier molecular flexibility index (Phi) is 3.69. The van der Waals surface area contributed by atoms with E-state index >= 15 is 0 Å². The molecule has 0 saturated heterocycles. The van der Waals surface area contributed by atoms with Gasteiger partial charge in [0.15, 0.2) is 17.8 Å². The van der Waals surface area contributed by atoms with Crippen molar-refractivity contribution >= 4 is 12.3 Å². The molecule has 20 heavy (non-hydrogen) atoms. The highest BCUT2D eigenvalue weighted by atomic mass is 16.5. The molecule has 0 amide bonds. The van der Waals surface area contributed by atoms with E-state index in [1.807, 2.05) is 0 Å². The summed E-state index contributed by atoms with van der Waals surface area (Å²) >= 11 is 0. The van der Waals surface area contributed by atoms with E-state index in [-0.39, 0.29) is 5.69 Å². The molecule has 104 valence electrons. The van der Waals surface area contributed by atoms with E-state index in [1.54, 1.807) is 12.1 Å². The number of methoxy groups -OCH3 is 2. The van der Waals surface area contributed by atoms with E-state index in [1.165, 1.54) is 20.3 Å². The van der Waals surface area contributed by atoms with Gasteiger partial charge in [0.25, 0.3) is 0 Å². The van der Waals surface area contributed by atoms with Gasteiger partial charge >= 0.3 is 5.97 Å². The van der Waals surface area contributed by atoms with Crippen LogP contribution in [0.2, 0.25) is 0 Å². The van der Waals surface area contributed by atoms with Crippen molar-refractivity contribution in [3.8, 4) is 22.8 Å².